The highest BCUT2D eigenvalue weighted by Crippen LogP contribution is 2.37. The Kier molecular flexibility index (Phi) is 5.46. The maximum atomic E-state index is 13.3. The number of hydrogen-bond acceptors (Lipinski definition) is 4. The summed E-state index contributed by atoms with van der Waals surface area (Å²) in [6.45, 7) is 5.03. The van der Waals surface area contributed by atoms with Crippen molar-refractivity contribution in [3.05, 3.63) is 46.1 Å². The van der Waals surface area contributed by atoms with E-state index in [0.29, 0.717) is 34.9 Å². The van der Waals surface area contributed by atoms with E-state index in [1.807, 2.05) is 19.9 Å². The predicted octanol–water partition coefficient (Wildman–Crippen LogP) is 1.77. The molecule has 3 aliphatic rings. The second kappa shape index (κ2) is 7.92. The van der Waals surface area contributed by atoms with Crippen molar-refractivity contribution in [1.82, 2.24) is 20.0 Å². The monoisotopic (exact) mass is 432 g/mol. The molecule has 3 atom stereocenters. The molecule has 4 rings (SSSR count). The van der Waals surface area contributed by atoms with Gasteiger partial charge in [0.1, 0.15) is 6.54 Å². The van der Waals surface area contributed by atoms with Gasteiger partial charge < -0.3 is 19.9 Å². The second-order valence-electron chi connectivity index (χ2n) is 8.04. The average molecular weight is 433 g/mol. The van der Waals surface area contributed by atoms with E-state index in [-0.39, 0.29) is 43.1 Å². The fourth-order valence-electron chi connectivity index (χ4n) is 4.34. The molecular formula is C21H25ClN4O4. The lowest BCUT2D eigenvalue weighted by atomic mass is 9.96. The van der Waals surface area contributed by atoms with Gasteiger partial charge in [0, 0.05) is 25.2 Å². The molecule has 0 unspecified atom stereocenters. The van der Waals surface area contributed by atoms with Crippen molar-refractivity contribution in [1.29, 1.82) is 0 Å². The normalized spacial score (nSPS) is 26.8. The Hall–Kier alpha value is -2.58. The SMILES string of the molecule is C[C@@H]1CN(C(=O)CN2CC3=C(C2=O)[C@@H](c2ccccc2Cl)NC(=O)N3C)C[C@@H](C)O1. The number of carbonyl (C=O) groups is 3. The number of morpholine rings is 1. The van der Waals surface area contributed by atoms with Crippen LogP contribution in [0.5, 0.6) is 0 Å². The molecule has 3 heterocycles. The Balaban J connectivity index is 1.57. The van der Waals surface area contributed by atoms with Gasteiger partial charge in [-0.1, -0.05) is 29.8 Å². The summed E-state index contributed by atoms with van der Waals surface area (Å²) >= 11 is 6.34. The maximum Gasteiger partial charge on any atom is 0.322 e. The molecule has 1 fully saturated rings. The van der Waals surface area contributed by atoms with E-state index in [1.54, 1.807) is 30.1 Å². The summed E-state index contributed by atoms with van der Waals surface area (Å²) in [5, 5.41) is 3.33. The van der Waals surface area contributed by atoms with E-state index in [1.165, 1.54) is 9.80 Å². The van der Waals surface area contributed by atoms with E-state index in [2.05, 4.69) is 5.32 Å². The molecule has 3 aliphatic heterocycles. The van der Waals surface area contributed by atoms with E-state index in [9.17, 15) is 14.4 Å². The molecule has 160 valence electrons. The van der Waals surface area contributed by atoms with Crippen LogP contribution >= 0.6 is 11.6 Å². The first-order chi connectivity index (χ1) is 14.3. The molecule has 0 aromatic heterocycles. The zero-order valence-corrected chi connectivity index (χ0v) is 18.0. The molecule has 0 bridgehead atoms. The van der Waals surface area contributed by atoms with Crippen LogP contribution in [0.2, 0.25) is 5.02 Å². The van der Waals surface area contributed by atoms with E-state index in [4.69, 9.17) is 16.3 Å². The molecule has 8 nitrogen and oxygen atoms in total. The Morgan fingerprint density at radius 3 is 2.53 bits per heavy atom. The van der Waals surface area contributed by atoms with Crippen LogP contribution in [0, 0.1) is 0 Å². The van der Waals surface area contributed by atoms with Crippen LogP contribution in [-0.2, 0) is 14.3 Å². The van der Waals surface area contributed by atoms with Crippen LogP contribution in [0.25, 0.3) is 0 Å². The number of likely N-dealkylation sites (N-methyl/N-ethyl adjacent to an activating group) is 1. The molecule has 0 saturated carbocycles. The Bertz CT molecular complexity index is 923. The minimum Gasteiger partial charge on any atom is -0.372 e. The minimum absolute atomic E-state index is 0.0391. The summed E-state index contributed by atoms with van der Waals surface area (Å²) < 4.78 is 5.69. The van der Waals surface area contributed by atoms with Gasteiger partial charge in [0.25, 0.3) is 5.91 Å². The lowest BCUT2D eigenvalue weighted by Gasteiger charge is -2.36. The minimum atomic E-state index is -0.645. The molecule has 1 N–H and O–H groups in total. The number of nitrogens with one attached hydrogen (secondary N) is 1. The second-order valence-corrected chi connectivity index (χ2v) is 8.45. The molecular weight excluding hydrogens is 408 g/mol. The van der Waals surface area contributed by atoms with E-state index < -0.39 is 6.04 Å². The number of benzene rings is 1. The number of rotatable bonds is 3. The molecule has 0 spiro atoms. The number of urea groups is 1. The van der Waals surface area contributed by atoms with Gasteiger partial charge in [-0.3, -0.25) is 14.5 Å². The van der Waals surface area contributed by atoms with Crippen LogP contribution < -0.4 is 5.32 Å². The number of halogens is 1. The van der Waals surface area contributed by atoms with E-state index in [0.717, 1.165) is 0 Å². The van der Waals surface area contributed by atoms with Gasteiger partial charge in [-0.2, -0.15) is 0 Å². The number of carbonyl (C=O) groups excluding carboxylic acids is 3. The summed E-state index contributed by atoms with van der Waals surface area (Å²) in [4.78, 5) is 43.4. The third-order valence-electron chi connectivity index (χ3n) is 5.75. The zero-order chi connectivity index (χ0) is 21.6. The first-order valence-electron chi connectivity index (χ1n) is 10.0. The average Bonchev–Trinajstić information content (AvgIpc) is 3.01. The van der Waals surface area contributed by atoms with E-state index >= 15 is 0 Å². The highest BCUT2D eigenvalue weighted by molar-refractivity contribution is 6.31. The third kappa shape index (κ3) is 3.65. The van der Waals surface area contributed by atoms with Crippen molar-refractivity contribution >= 4 is 29.4 Å². The molecule has 9 heteroatoms. The smallest absolute Gasteiger partial charge is 0.322 e. The van der Waals surface area contributed by atoms with Gasteiger partial charge in [-0.15, -0.1) is 0 Å². The summed E-state index contributed by atoms with van der Waals surface area (Å²) in [5.41, 5.74) is 1.72. The topological polar surface area (TPSA) is 82.2 Å². The summed E-state index contributed by atoms with van der Waals surface area (Å²) in [6.07, 6.45) is -0.0910. The number of hydrogen-bond donors (Lipinski definition) is 1. The van der Waals surface area contributed by atoms with Gasteiger partial charge >= 0.3 is 6.03 Å². The third-order valence-corrected chi connectivity index (χ3v) is 6.09. The van der Waals surface area contributed by atoms with Gasteiger partial charge in [-0.25, -0.2) is 4.79 Å². The quantitative estimate of drug-likeness (QED) is 0.789. The largest absolute Gasteiger partial charge is 0.372 e. The lowest BCUT2D eigenvalue weighted by Crippen LogP contribution is -2.51. The van der Waals surface area contributed by atoms with Crippen LogP contribution in [-0.4, -0.2) is 78.0 Å². The zero-order valence-electron chi connectivity index (χ0n) is 17.2. The van der Waals surface area contributed by atoms with Gasteiger partial charge in [0.15, 0.2) is 0 Å². The maximum absolute atomic E-state index is 13.3. The molecule has 30 heavy (non-hydrogen) atoms. The van der Waals surface area contributed by atoms with Crippen LogP contribution in [0.4, 0.5) is 4.79 Å². The van der Waals surface area contributed by atoms with Crippen molar-refractivity contribution in [2.75, 3.05) is 33.2 Å². The fraction of sp³-hybridized carbons (Fsp3) is 0.476. The standard InChI is InChI=1S/C21H25ClN4O4/c1-12-8-25(9-13(2)30-12)17(27)11-26-10-16-18(20(26)28)19(23-21(29)24(16)3)14-6-4-5-7-15(14)22/h4-7,12-13,19H,8-11H2,1-3H3,(H,23,29)/t12-,13-,19-/m1/s1. The molecule has 4 amide bonds. The highest BCUT2D eigenvalue weighted by atomic mass is 35.5. The van der Waals surface area contributed by atoms with Gasteiger partial charge in [0.05, 0.1) is 36.1 Å². The number of amides is 4. The van der Waals surface area contributed by atoms with Gasteiger partial charge in [-0.05, 0) is 25.5 Å². The predicted molar refractivity (Wildman–Crippen MR) is 111 cm³/mol. The van der Waals surface area contributed by atoms with Crippen LogP contribution in [0.1, 0.15) is 25.5 Å². The van der Waals surface area contributed by atoms with Crippen molar-refractivity contribution in [2.45, 2.75) is 32.1 Å². The first-order valence-corrected chi connectivity index (χ1v) is 10.4. The number of ether oxygens (including phenoxy) is 1. The first kappa shape index (κ1) is 20.7. The van der Waals surface area contributed by atoms with Crippen LogP contribution in [0.15, 0.2) is 35.5 Å². The molecule has 1 aromatic carbocycles. The summed E-state index contributed by atoms with van der Waals surface area (Å²) in [7, 11) is 1.62. The highest BCUT2D eigenvalue weighted by Gasteiger charge is 2.44. The summed E-state index contributed by atoms with van der Waals surface area (Å²) in [6, 6.07) is 6.17. The van der Waals surface area contributed by atoms with Crippen molar-refractivity contribution in [2.24, 2.45) is 0 Å². The molecule has 0 aliphatic carbocycles. The Morgan fingerprint density at radius 1 is 1.20 bits per heavy atom. The summed E-state index contributed by atoms with van der Waals surface area (Å²) in [5.74, 6) is -0.383. The fourth-order valence-corrected chi connectivity index (χ4v) is 4.58. The van der Waals surface area contributed by atoms with Crippen molar-refractivity contribution in [3.8, 4) is 0 Å². The number of nitrogens with zero attached hydrogens (tertiary/aromatic N) is 3. The molecule has 1 aromatic rings. The molecule has 0 radical (unpaired) electrons. The molecule has 1 saturated heterocycles. The lowest BCUT2D eigenvalue weighted by molar-refractivity contribution is -0.146. The van der Waals surface area contributed by atoms with Crippen LogP contribution in [0.3, 0.4) is 0 Å². The van der Waals surface area contributed by atoms with Crippen molar-refractivity contribution in [3.63, 3.8) is 0 Å². The Labute approximate surface area is 180 Å². The Morgan fingerprint density at radius 2 is 1.87 bits per heavy atom. The van der Waals surface area contributed by atoms with Gasteiger partial charge in [0.2, 0.25) is 5.91 Å². The van der Waals surface area contributed by atoms with Crippen molar-refractivity contribution < 1.29 is 19.1 Å².